The van der Waals surface area contributed by atoms with Crippen LogP contribution in [0, 0.1) is 0 Å². The van der Waals surface area contributed by atoms with Crippen molar-refractivity contribution in [2.75, 3.05) is 11.4 Å². The predicted octanol–water partition coefficient (Wildman–Crippen LogP) is 1.99. The quantitative estimate of drug-likeness (QED) is 0.924. The Hall–Kier alpha value is -2.05. The van der Waals surface area contributed by atoms with Crippen molar-refractivity contribution in [1.29, 1.82) is 0 Å². The lowest BCUT2D eigenvalue weighted by Crippen LogP contribution is -2.36. The second-order valence-corrected chi connectivity index (χ2v) is 4.50. The lowest BCUT2D eigenvalue weighted by Gasteiger charge is -2.16. The van der Waals surface area contributed by atoms with E-state index in [2.05, 4.69) is 0 Å². The van der Waals surface area contributed by atoms with E-state index in [-0.39, 0.29) is 12.5 Å². The number of carbonyl (C=O) groups is 2. The van der Waals surface area contributed by atoms with Crippen molar-refractivity contribution >= 4 is 17.5 Å². The second kappa shape index (κ2) is 5.52. The summed E-state index contributed by atoms with van der Waals surface area (Å²) >= 11 is 0. The van der Waals surface area contributed by atoms with Gasteiger partial charge in [-0.15, -0.1) is 0 Å². The molecule has 0 saturated carbocycles. The monoisotopic (exact) mass is 286 g/mol. The highest BCUT2D eigenvalue weighted by Gasteiger charge is 2.38. The smallest absolute Gasteiger partial charge is 0.344 e. The molecule has 0 radical (unpaired) electrons. The number of halogens is 3. The van der Waals surface area contributed by atoms with Crippen LogP contribution in [0.5, 0.6) is 0 Å². The minimum Gasteiger partial charge on any atom is -0.344 e. The predicted molar refractivity (Wildman–Crippen MR) is 65.9 cm³/mol. The fraction of sp³-hybridized carbons (Fsp3) is 0.385. The summed E-state index contributed by atoms with van der Waals surface area (Å²) in [6.07, 6.45) is -3.55. The topological polar surface area (TPSA) is 49.4 Å². The molecule has 1 aliphatic heterocycles. The maximum atomic E-state index is 12.0. The highest BCUT2D eigenvalue weighted by Crippen LogP contribution is 2.21. The van der Waals surface area contributed by atoms with Gasteiger partial charge >= 0.3 is 12.1 Å². The van der Waals surface area contributed by atoms with Crippen molar-refractivity contribution in [3.8, 4) is 0 Å². The molecular formula is C13H13F3N2O2. The molecule has 1 aliphatic rings. The summed E-state index contributed by atoms with van der Waals surface area (Å²) < 4.78 is 36.0. The van der Waals surface area contributed by atoms with Crippen molar-refractivity contribution in [3.63, 3.8) is 0 Å². The Labute approximate surface area is 113 Å². The van der Waals surface area contributed by atoms with Gasteiger partial charge in [-0.2, -0.15) is 13.2 Å². The van der Waals surface area contributed by atoms with Gasteiger partial charge < -0.3 is 10.2 Å². The first-order valence-electron chi connectivity index (χ1n) is 6.12. The minimum atomic E-state index is -4.87. The standard InChI is InChI=1S/C13H13F3N2O2/c14-13(15,16)12(20)17-8-9-3-5-10(6-4-9)18-7-1-2-11(18)19/h3-6H,1-2,7-8H2,(H,17,20). The first-order valence-corrected chi connectivity index (χ1v) is 6.12. The Morgan fingerprint density at radius 1 is 1.25 bits per heavy atom. The van der Waals surface area contributed by atoms with Crippen LogP contribution in [0.2, 0.25) is 0 Å². The Balaban J connectivity index is 1.95. The summed E-state index contributed by atoms with van der Waals surface area (Å²) in [5.74, 6) is -1.92. The number of nitrogens with zero attached hydrogens (tertiary/aromatic N) is 1. The minimum absolute atomic E-state index is 0.0446. The van der Waals surface area contributed by atoms with E-state index in [1.807, 2.05) is 0 Å². The molecule has 2 amide bonds. The normalized spacial score (nSPS) is 15.6. The van der Waals surface area contributed by atoms with Gasteiger partial charge in [0.2, 0.25) is 5.91 Å². The van der Waals surface area contributed by atoms with Gasteiger partial charge in [-0.1, -0.05) is 12.1 Å². The number of carbonyl (C=O) groups excluding carboxylic acids is 2. The summed E-state index contributed by atoms with van der Waals surface area (Å²) in [6.45, 7) is 0.454. The molecule has 0 bridgehead atoms. The van der Waals surface area contributed by atoms with E-state index in [0.717, 1.165) is 12.1 Å². The van der Waals surface area contributed by atoms with Crippen LogP contribution in [0.15, 0.2) is 24.3 Å². The van der Waals surface area contributed by atoms with Gasteiger partial charge in [0.25, 0.3) is 0 Å². The number of nitrogens with one attached hydrogen (secondary N) is 1. The van der Waals surface area contributed by atoms with Gasteiger partial charge in [-0.25, -0.2) is 0 Å². The van der Waals surface area contributed by atoms with E-state index >= 15 is 0 Å². The molecule has 1 saturated heterocycles. The number of hydrogen-bond acceptors (Lipinski definition) is 2. The molecule has 4 nitrogen and oxygen atoms in total. The zero-order valence-corrected chi connectivity index (χ0v) is 10.5. The van der Waals surface area contributed by atoms with Crippen molar-refractivity contribution in [2.24, 2.45) is 0 Å². The fourth-order valence-corrected chi connectivity index (χ4v) is 2.00. The second-order valence-electron chi connectivity index (χ2n) is 4.50. The van der Waals surface area contributed by atoms with E-state index in [1.54, 1.807) is 34.5 Å². The molecule has 108 valence electrons. The molecule has 0 aliphatic carbocycles. The Morgan fingerprint density at radius 2 is 1.90 bits per heavy atom. The number of rotatable bonds is 3. The molecule has 0 aromatic heterocycles. The van der Waals surface area contributed by atoms with E-state index in [0.29, 0.717) is 18.5 Å². The van der Waals surface area contributed by atoms with Crippen molar-refractivity contribution < 1.29 is 22.8 Å². The summed E-state index contributed by atoms with van der Waals surface area (Å²) in [5.41, 5.74) is 1.26. The third kappa shape index (κ3) is 3.28. The lowest BCUT2D eigenvalue weighted by molar-refractivity contribution is -0.173. The van der Waals surface area contributed by atoms with Crippen LogP contribution in [0.25, 0.3) is 0 Å². The average Bonchev–Trinajstić information content (AvgIpc) is 2.82. The van der Waals surface area contributed by atoms with Crippen LogP contribution >= 0.6 is 0 Å². The first-order chi connectivity index (χ1) is 9.38. The first kappa shape index (κ1) is 14.4. The molecule has 1 fully saturated rings. The summed E-state index contributed by atoms with van der Waals surface area (Å²) in [6, 6.07) is 6.52. The van der Waals surface area contributed by atoms with Crippen molar-refractivity contribution in [3.05, 3.63) is 29.8 Å². The zero-order chi connectivity index (χ0) is 14.8. The van der Waals surface area contributed by atoms with Crippen LogP contribution in [0.3, 0.4) is 0 Å². The molecule has 1 heterocycles. The summed E-state index contributed by atoms with van der Waals surface area (Å²) in [4.78, 5) is 23.8. The average molecular weight is 286 g/mol. The zero-order valence-electron chi connectivity index (χ0n) is 10.5. The van der Waals surface area contributed by atoms with Gasteiger partial charge in [0.05, 0.1) is 0 Å². The van der Waals surface area contributed by atoms with Gasteiger partial charge in [0.1, 0.15) is 0 Å². The highest BCUT2D eigenvalue weighted by molar-refractivity contribution is 5.95. The lowest BCUT2D eigenvalue weighted by atomic mass is 10.2. The SMILES string of the molecule is O=C1CCCN1c1ccc(CNC(=O)C(F)(F)F)cc1. The molecule has 1 N–H and O–H groups in total. The molecule has 0 unspecified atom stereocenters. The maximum Gasteiger partial charge on any atom is 0.471 e. The Bertz CT molecular complexity index is 511. The largest absolute Gasteiger partial charge is 0.471 e. The van der Waals surface area contributed by atoms with Gasteiger partial charge in [-0.3, -0.25) is 9.59 Å². The Morgan fingerprint density at radius 3 is 2.40 bits per heavy atom. The highest BCUT2D eigenvalue weighted by atomic mass is 19.4. The van der Waals surface area contributed by atoms with Crippen LogP contribution in [0.1, 0.15) is 18.4 Å². The maximum absolute atomic E-state index is 12.0. The number of amides is 2. The molecule has 2 rings (SSSR count). The molecule has 0 spiro atoms. The van der Waals surface area contributed by atoms with E-state index < -0.39 is 12.1 Å². The van der Waals surface area contributed by atoms with Crippen molar-refractivity contribution in [1.82, 2.24) is 5.32 Å². The van der Waals surface area contributed by atoms with Crippen LogP contribution < -0.4 is 10.2 Å². The number of benzene rings is 1. The number of anilines is 1. The third-order valence-electron chi connectivity index (χ3n) is 3.03. The van der Waals surface area contributed by atoms with Crippen molar-refractivity contribution in [2.45, 2.75) is 25.6 Å². The van der Waals surface area contributed by atoms with Crippen LogP contribution in [-0.4, -0.2) is 24.5 Å². The number of hydrogen-bond donors (Lipinski definition) is 1. The number of alkyl halides is 3. The summed E-state index contributed by atoms with van der Waals surface area (Å²) in [5, 5.41) is 1.79. The molecule has 20 heavy (non-hydrogen) atoms. The Kier molecular flexibility index (Phi) is 3.96. The van der Waals surface area contributed by atoms with E-state index in [9.17, 15) is 22.8 Å². The van der Waals surface area contributed by atoms with Gasteiger partial charge in [0, 0.05) is 25.2 Å². The molecule has 7 heteroatoms. The van der Waals surface area contributed by atoms with E-state index in [4.69, 9.17) is 0 Å². The van der Waals surface area contributed by atoms with E-state index in [1.165, 1.54) is 0 Å². The molecular weight excluding hydrogens is 273 g/mol. The molecule has 0 atom stereocenters. The third-order valence-corrected chi connectivity index (χ3v) is 3.03. The van der Waals surface area contributed by atoms with Gasteiger partial charge in [0.15, 0.2) is 0 Å². The molecule has 1 aromatic rings. The summed E-state index contributed by atoms with van der Waals surface area (Å²) in [7, 11) is 0. The van der Waals surface area contributed by atoms with Crippen LogP contribution in [-0.2, 0) is 16.1 Å². The van der Waals surface area contributed by atoms with Gasteiger partial charge in [-0.05, 0) is 24.1 Å². The fourth-order valence-electron chi connectivity index (χ4n) is 2.00. The molecule has 1 aromatic carbocycles. The van der Waals surface area contributed by atoms with Crippen LogP contribution in [0.4, 0.5) is 18.9 Å².